The van der Waals surface area contributed by atoms with Crippen LogP contribution >= 0.6 is 11.8 Å². The van der Waals surface area contributed by atoms with E-state index in [4.69, 9.17) is 0 Å². The molecule has 1 saturated carbocycles. The molecule has 0 bridgehead atoms. The van der Waals surface area contributed by atoms with Gasteiger partial charge in [-0.3, -0.25) is 4.79 Å². The maximum Gasteiger partial charge on any atom is 0.230 e. The summed E-state index contributed by atoms with van der Waals surface area (Å²) in [5.41, 5.74) is 2.44. The van der Waals surface area contributed by atoms with Crippen molar-refractivity contribution in [2.24, 2.45) is 0 Å². The van der Waals surface area contributed by atoms with E-state index in [9.17, 15) is 4.79 Å². The predicted octanol–water partition coefficient (Wildman–Crippen LogP) is 3.45. The smallest absolute Gasteiger partial charge is 0.230 e. The Morgan fingerprint density at radius 1 is 1.33 bits per heavy atom. The highest BCUT2D eigenvalue weighted by Crippen LogP contribution is 2.38. The van der Waals surface area contributed by atoms with E-state index in [1.54, 1.807) is 0 Å². The minimum Gasteiger partial charge on any atom is -0.349 e. The summed E-state index contributed by atoms with van der Waals surface area (Å²) in [6, 6.07) is 8.95. The van der Waals surface area contributed by atoms with Crippen molar-refractivity contribution in [3.8, 4) is 0 Å². The molecule has 1 fully saturated rings. The van der Waals surface area contributed by atoms with Crippen molar-refractivity contribution in [2.45, 2.75) is 57.3 Å². The lowest BCUT2D eigenvalue weighted by Crippen LogP contribution is -2.28. The fourth-order valence-corrected chi connectivity index (χ4v) is 3.60. The van der Waals surface area contributed by atoms with Crippen LogP contribution in [0.5, 0.6) is 0 Å². The number of hydrogen-bond donors (Lipinski definition) is 1. The first-order valence-corrected chi connectivity index (χ1v) is 9.49. The monoisotopic (exact) mass is 344 g/mol. The minimum atomic E-state index is 0.00652. The number of nitrogens with zero attached hydrogens (tertiary/aromatic N) is 3. The molecular weight excluding hydrogens is 320 g/mol. The average Bonchev–Trinajstić information content (AvgIpc) is 3.35. The normalized spacial score (nSPS) is 15.3. The SMILES string of the molecule is CCc1ccc([C@H](C)NC(=O)CSc2nnc(C)n2C2CC2)cc1. The van der Waals surface area contributed by atoms with Gasteiger partial charge in [-0.2, -0.15) is 0 Å². The van der Waals surface area contributed by atoms with Gasteiger partial charge in [0.25, 0.3) is 0 Å². The Hall–Kier alpha value is -1.82. The van der Waals surface area contributed by atoms with E-state index in [1.165, 1.54) is 30.2 Å². The Labute approximate surface area is 147 Å². The highest BCUT2D eigenvalue weighted by Gasteiger charge is 2.28. The van der Waals surface area contributed by atoms with E-state index in [2.05, 4.69) is 51.3 Å². The lowest BCUT2D eigenvalue weighted by Gasteiger charge is -2.14. The van der Waals surface area contributed by atoms with Crippen LogP contribution in [0.15, 0.2) is 29.4 Å². The van der Waals surface area contributed by atoms with Gasteiger partial charge >= 0.3 is 0 Å². The van der Waals surface area contributed by atoms with Crippen LogP contribution in [0.1, 0.15) is 55.7 Å². The number of aryl methyl sites for hydroxylation is 2. The fraction of sp³-hybridized carbons (Fsp3) is 0.500. The lowest BCUT2D eigenvalue weighted by atomic mass is 10.1. The second-order valence-electron chi connectivity index (χ2n) is 6.30. The van der Waals surface area contributed by atoms with Crippen molar-refractivity contribution >= 4 is 17.7 Å². The molecule has 0 aliphatic heterocycles. The van der Waals surface area contributed by atoms with Crippen molar-refractivity contribution in [1.82, 2.24) is 20.1 Å². The highest BCUT2D eigenvalue weighted by atomic mass is 32.2. The van der Waals surface area contributed by atoms with Gasteiger partial charge in [0.2, 0.25) is 5.91 Å². The van der Waals surface area contributed by atoms with Crippen LogP contribution in [0, 0.1) is 6.92 Å². The number of thioether (sulfide) groups is 1. The van der Waals surface area contributed by atoms with Crippen molar-refractivity contribution in [2.75, 3.05) is 5.75 Å². The summed E-state index contributed by atoms with van der Waals surface area (Å²) in [6.07, 6.45) is 3.39. The van der Waals surface area contributed by atoms with Crippen LogP contribution in [0.25, 0.3) is 0 Å². The zero-order chi connectivity index (χ0) is 17.1. The average molecular weight is 344 g/mol. The molecule has 0 unspecified atom stereocenters. The van der Waals surface area contributed by atoms with E-state index >= 15 is 0 Å². The first kappa shape index (κ1) is 17.0. The van der Waals surface area contributed by atoms with Crippen molar-refractivity contribution in [3.63, 3.8) is 0 Å². The molecule has 6 heteroatoms. The molecule has 1 atom stereocenters. The van der Waals surface area contributed by atoms with E-state index in [0.717, 1.165) is 23.0 Å². The van der Waals surface area contributed by atoms with Gasteiger partial charge in [-0.15, -0.1) is 10.2 Å². The molecule has 0 spiro atoms. The van der Waals surface area contributed by atoms with Crippen LogP contribution in [0.3, 0.4) is 0 Å². The van der Waals surface area contributed by atoms with Crippen LogP contribution in [0.4, 0.5) is 0 Å². The number of carbonyl (C=O) groups excluding carboxylic acids is 1. The predicted molar refractivity (Wildman–Crippen MR) is 96.1 cm³/mol. The van der Waals surface area contributed by atoms with Crippen LogP contribution in [-0.4, -0.2) is 26.4 Å². The van der Waals surface area contributed by atoms with Crippen molar-refractivity contribution < 1.29 is 4.79 Å². The van der Waals surface area contributed by atoms with Gasteiger partial charge in [0, 0.05) is 6.04 Å². The maximum atomic E-state index is 12.2. The topological polar surface area (TPSA) is 59.8 Å². The van der Waals surface area contributed by atoms with Gasteiger partial charge in [-0.1, -0.05) is 43.0 Å². The number of carbonyl (C=O) groups is 1. The molecular formula is C18H24N4OS. The standard InChI is InChI=1S/C18H24N4OS/c1-4-14-5-7-15(8-6-14)12(2)19-17(23)11-24-18-21-20-13(3)22(18)16-9-10-16/h5-8,12,16H,4,9-11H2,1-3H3,(H,19,23)/t12-/m0/s1. The third-order valence-electron chi connectivity index (χ3n) is 4.34. The number of rotatable bonds is 7. The first-order valence-electron chi connectivity index (χ1n) is 8.51. The molecule has 5 nitrogen and oxygen atoms in total. The van der Waals surface area contributed by atoms with Gasteiger partial charge in [-0.05, 0) is 44.2 Å². The molecule has 1 aliphatic carbocycles. The third-order valence-corrected chi connectivity index (χ3v) is 5.29. The molecule has 1 amide bonds. The Bertz CT molecular complexity index is 706. The number of hydrogen-bond acceptors (Lipinski definition) is 4. The Morgan fingerprint density at radius 3 is 2.67 bits per heavy atom. The van der Waals surface area contributed by atoms with Gasteiger partial charge in [0.1, 0.15) is 5.82 Å². The highest BCUT2D eigenvalue weighted by molar-refractivity contribution is 7.99. The Morgan fingerprint density at radius 2 is 2.04 bits per heavy atom. The second-order valence-corrected chi connectivity index (χ2v) is 7.25. The lowest BCUT2D eigenvalue weighted by molar-refractivity contribution is -0.119. The van der Waals surface area contributed by atoms with Gasteiger partial charge in [0.05, 0.1) is 11.8 Å². The summed E-state index contributed by atoms with van der Waals surface area (Å²) in [7, 11) is 0. The molecule has 1 aliphatic rings. The summed E-state index contributed by atoms with van der Waals surface area (Å²) >= 11 is 1.46. The first-order chi connectivity index (χ1) is 11.6. The van der Waals surface area contributed by atoms with Crippen molar-refractivity contribution in [1.29, 1.82) is 0 Å². The second kappa shape index (κ2) is 7.38. The quantitative estimate of drug-likeness (QED) is 0.782. The molecule has 2 aromatic rings. The minimum absolute atomic E-state index is 0.00652. The molecule has 1 aromatic carbocycles. The Kier molecular flexibility index (Phi) is 5.23. The number of amides is 1. The summed E-state index contributed by atoms with van der Waals surface area (Å²) in [6.45, 7) is 6.12. The van der Waals surface area contributed by atoms with Crippen LogP contribution < -0.4 is 5.32 Å². The summed E-state index contributed by atoms with van der Waals surface area (Å²) < 4.78 is 2.16. The van der Waals surface area contributed by atoms with E-state index in [1.807, 2.05) is 13.8 Å². The molecule has 3 rings (SSSR count). The number of nitrogens with one attached hydrogen (secondary N) is 1. The molecule has 1 N–H and O–H groups in total. The number of benzene rings is 1. The zero-order valence-electron chi connectivity index (χ0n) is 14.5. The summed E-state index contributed by atoms with van der Waals surface area (Å²) in [5.74, 6) is 1.32. The Balaban J connectivity index is 1.53. The van der Waals surface area contributed by atoms with E-state index in [-0.39, 0.29) is 11.9 Å². The van der Waals surface area contributed by atoms with E-state index in [0.29, 0.717) is 11.8 Å². The fourth-order valence-electron chi connectivity index (χ4n) is 2.74. The summed E-state index contributed by atoms with van der Waals surface area (Å²) in [4.78, 5) is 12.2. The van der Waals surface area contributed by atoms with Crippen LogP contribution in [-0.2, 0) is 11.2 Å². The van der Waals surface area contributed by atoms with Crippen molar-refractivity contribution in [3.05, 3.63) is 41.2 Å². The van der Waals surface area contributed by atoms with Gasteiger partial charge in [-0.25, -0.2) is 0 Å². The van der Waals surface area contributed by atoms with Gasteiger partial charge in [0.15, 0.2) is 5.16 Å². The van der Waals surface area contributed by atoms with E-state index < -0.39 is 0 Å². The molecule has 24 heavy (non-hydrogen) atoms. The molecule has 128 valence electrons. The number of aromatic nitrogens is 3. The van der Waals surface area contributed by atoms with Gasteiger partial charge < -0.3 is 9.88 Å². The molecule has 0 radical (unpaired) electrons. The third kappa shape index (κ3) is 3.98. The zero-order valence-corrected chi connectivity index (χ0v) is 15.3. The molecule has 0 saturated heterocycles. The molecule has 1 aromatic heterocycles. The maximum absolute atomic E-state index is 12.2. The molecule has 1 heterocycles. The largest absolute Gasteiger partial charge is 0.349 e. The summed E-state index contributed by atoms with van der Waals surface area (Å²) in [5, 5.41) is 12.3. The van der Waals surface area contributed by atoms with Crippen LogP contribution in [0.2, 0.25) is 0 Å².